The van der Waals surface area contributed by atoms with E-state index in [1.54, 1.807) is 0 Å². The van der Waals surface area contributed by atoms with E-state index in [9.17, 15) is 14.4 Å². The van der Waals surface area contributed by atoms with Gasteiger partial charge in [0.25, 0.3) is 0 Å². The molecule has 0 radical (unpaired) electrons. The van der Waals surface area contributed by atoms with E-state index in [1.165, 1.54) is 83.5 Å². The maximum atomic E-state index is 12.7. The highest BCUT2D eigenvalue weighted by Crippen LogP contribution is 2.14. The molecule has 58 heavy (non-hydrogen) atoms. The monoisotopic (exact) mass is 809 g/mol. The Kier molecular flexibility index (Phi) is 44.0. The van der Waals surface area contributed by atoms with Crippen molar-refractivity contribution in [2.45, 2.75) is 226 Å². The van der Waals surface area contributed by atoms with Crippen LogP contribution in [0.1, 0.15) is 220 Å². The first-order valence-electron chi connectivity index (χ1n) is 24.0. The topological polar surface area (TPSA) is 78.9 Å². The molecule has 0 fully saturated rings. The number of hydrogen-bond donors (Lipinski definition) is 0. The molecule has 0 aliphatic carbocycles. The van der Waals surface area contributed by atoms with Gasteiger partial charge in [-0.15, -0.1) is 0 Å². The van der Waals surface area contributed by atoms with Gasteiger partial charge in [0.1, 0.15) is 13.2 Å². The van der Waals surface area contributed by atoms with Crippen molar-refractivity contribution in [2.24, 2.45) is 0 Å². The van der Waals surface area contributed by atoms with E-state index in [0.29, 0.717) is 19.3 Å². The van der Waals surface area contributed by atoms with Crippen molar-refractivity contribution in [1.29, 1.82) is 0 Å². The third-order valence-corrected chi connectivity index (χ3v) is 10.1. The zero-order valence-corrected chi connectivity index (χ0v) is 37.8. The highest BCUT2D eigenvalue weighted by molar-refractivity contribution is 5.71. The Hall–Kier alpha value is -3.15. The molecule has 0 bridgehead atoms. The minimum Gasteiger partial charge on any atom is -0.462 e. The summed E-state index contributed by atoms with van der Waals surface area (Å²) in [7, 11) is 0. The largest absolute Gasteiger partial charge is 0.462 e. The molecular formula is C52H88O6. The van der Waals surface area contributed by atoms with Gasteiger partial charge in [0, 0.05) is 19.3 Å². The number of carbonyl (C=O) groups excluding carboxylic acids is 3. The van der Waals surface area contributed by atoms with E-state index >= 15 is 0 Å². The molecule has 0 saturated carbocycles. The molecule has 0 rings (SSSR count). The number of rotatable bonds is 42. The van der Waals surface area contributed by atoms with E-state index in [2.05, 4.69) is 93.7 Å². The number of allylic oxidation sites excluding steroid dienone is 12. The summed E-state index contributed by atoms with van der Waals surface area (Å²) in [6.45, 7) is 6.48. The van der Waals surface area contributed by atoms with E-state index in [-0.39, 0.29) is 31.1 Å². The van der Waals surface area contributed by atoms with Gasteiger partial charge in [-0.2, -0.15) is 0 Å². The lowest BCUT2D eigenvalue weighted by Crippen LogP contribution is -2.30. The SMILES string of the molecule is CCCC/C=C\C=C/CCCCCC(=O)OC(COC(=O)CCCCCCC\C=C/C=C\C=C/C=C\CCCCC)COC(=O)CCCCCCCCCCCCC. The van der Waals surface area contributed by atoms with Gasteiger partial charge < -0.3 is 14.2 Å². The predicted octanol–water partition coefficient (Wildman–Crippen LogP) is 15.5. The molecule has 0 amide bonds. The van der Waals surface area contributed by atoms with Crippen LogP contribution in [0, 0.1) is 0 Å². The van der Waals surface area contributed by atoms with Gasteiger partial charge in [-0.05, 0) is 64.2 Å². The highest BCUT2D eigenvalue weighted by Gasteiger charge is 2.19. The third kappa shape index (κ3) is 44.0. The van der Waals surface area contributed by atoms with Gasteiger partial charge in [-0.3, -0.25) is 14.4 Å². The second kappa shape index (κ2) is 46.5. The molecule has 0 aromatic rings. The maximum absolute atomic E-state index is 12.7. The Morgan fingerprint density at radius 3 is 1.09 bits per heavy atom. The summed E-state index contributed by atoms with van der Waals surface area (Å²) in [6.07, 6.45) is 57.3. The lowest BCUT2D eigenvalue weighted by Gasteiger charge is -2.18. The molecule has 332 valence electrons. The van der Waals surface area contributed by atoms with Crippen LogP contribution < -0.4 is 0 Å². The Morgan fingerprint density at radius 1 is 0.345 bits per heavy atom. The van der Waals surface area contributed by atoms with Crippen molar-refractivity contribution < 1.29 is 28.6 Å². The molecule has 1 atom stereocenters. The van der Waals surface area contributed by atoms with Gasteiger partial charge in [0.15, 0.2) is 6.10 Å². The van der Waals surface area contributed by atoms with Crippen LogP contribution in [0.25, 0.3) is 0 Å². The minimum absolute atomic E-state index is 0.0933. The van der Waals surface area contributed by atoms with Crippen LogP contribution >= 0.6 is 0 Å². The molecule has 1 unspecified atom stereocenters. The normalized spacial score (nSPS) is 12.7. The van der Waals surface area contributed by atoms with E-state index in [1.807, 2.05) is 0 Å². The standard InChI is InChI=1S/C52H88O6/c1-4-7-10-13-16-19-22-23-24-25-26-27-28-31-33-36-39-42-45-51(54)57-48-49(58-52(55)46-43-40-37-34-30-21-18-15-12-9-6-3)47-56-50(53)44-41-38-35-32-29-20-17-14-11-8-5-2/h15-16,18-19,21-27,30,49H,4-14,17,20,28-29,31-48H2,1-3H3/b18-15-,19-16-,23-22-,25-24-,27-26-,30-21-. The molecular weight excluding hydrogens is 721 g/mol. The van der Waals surface area contributed by atoms with E-state index in [0.717, 1.165) is 96.3 Å². The summed E-state index contributed by atoms with van der Waals surface area (Å²) >= 11 is 0. The van der Waals surface area contributed by atoms with Crippen molar-refractivity contribution in [3.05, 3.63) is 72.9 Å². The van der Waals surface area contributed by atoms with Gasteiger partial charge in [0.05, 0.1) is 0 Å². The molecule has 0 aromatic heterocycles. The van der Waals surface area contributed by atoms with E-state index in [4.69, 9.17) is 14.2 Å². The number of ether oxygens (including phenoxy) is 3. The summed E-state index contributed by atoms with van der Waals surface area (Å²) in [6, 6.07) is 0. The first-order chi connectivity index (χ1) is 28.5. The number of unbranched alkanes of at least 4 members (excludes halogenated alkanes) is 23. The van der Waals surface area contributed by atoms with Crippen LogP contribution in [-0.2, 0) is 28.6 Å². The van der Waals surface area contributed by atoms with Gasteiger partial charge >= 0.3 is 17.9 Å². The van der Waals surface area contributed by atoms with Crippen LogP contribution in [0.15, 0.2) is 72.9 Å². The van der Waals surface area contributed by atoms with Gasteiger partial charge in [-0.25, -0.2) is 0 Å². The van der Waals surface area contributed by atoms with Crippen LogP contribution in [0.2, 0.25) is 0 Å². The Balaban J connectivity index is 4.43. The van der Waals surface area contributed by atoms with Crippen LogP contribution in [0.4, 0.5) is 0 Å². The van der Waals surface area contributed by atoms with Crippen LogP contribution in [0.5, 0.6) is 0 Å². The average Bonchev–Trinajstić information content (AvgIpc) is 3.22. The predicted molar refractivity (Wildman–Crippen MR) is 247 cm³/mol. The second-order valence-electron chi connectivity index (χ2n) is 15.8. The molecule has 6 nitrogen and oxygen atoms in total. The Labute approximate surface area is 357 Å². The number of carbonyl (C=O) groups is 3. The summed E-state index contributed by atoms with van der Waals surface area (Å²) in [4.78, 5) is 37.8. The van der Waals surface area contributed by atoms with Gasteiger partial charge in [0.2, 0.25) is 0 Å². The fourth-order valence-corrected chi connectivity index (χ4v) is 6.37. The molecule has 0 heterocycles. The first-order valence-corrected chi connectivity index (χ1v) is 24.0. The second-order valence-corrected chi connectivity index (χ2v) is 15.8. The van der Waals surface area contributed by atoms with Crippen molar-refractivity contribution in [2.75, 3.05) is 13.2 Å². The Morgan fingerprint density at radius 2 is 0.638 bits per heavy atom. The van der Waals surface area contributed by atoms with Crippen molar-refractivity contribution in [3.8, 4) is 0 Å². The zero-order chi connectivity index (χ0) is 42.3. The lowest BCUT2D eigenvalue weighted by molar-refractivity contribution is -0.167. The number of esters is 3. The molecule has 0 aliphatic heterocycles. The van der Waals surface area contributed by atoms with Crippen molar-refractivity contribution >= 4 is 17.9 Å². The number of hydrogen-bond acceptors (Lipinski definition) is 6. The van der Waals surface area contributed by atoms with Crippen molar-refractivity contribution in [1.82, 2.24) is 0 Å². The summed E-state index contributed by atoms with van der Waals surface area (Å²) in [5, 5.41) is 0. The molecule has 0 aromatic carbocycles. The summed E-state index contributed by atoms with van der Waals surface area (Å²) < 4.78 is 16.7. The summed E-state index contributed by atoms with van der Waals surface area (Å²) in [5.74, 6) is -0.949. The average molecular weight is 809 g/mol. The third-order valence-electron chi connectivity index (χ3n) is 10.1. The van der Waals surface area contributed by atoms with Crippen LogP contribution in [0.3, 0.4) is 0 Å². The van der Waals surface area contributed by atoms with Crippen molar-refractivity contribution in [3.63, 3.8) is 0 Å². The zero-order valence-electron chi connectivity index (χ0n) is 37.8. The molecule has 6 heteroatoms. The summed E-state index contributed by atoms with van der Waals surface area (Å²) in [5.41, 5.74) is 0. The fourth-order valence-electron chi connectivity index (χ4n) is 6.37. The van der Waals surface area contributed by atoms with Crippen LogP contribution in [-0.4, -0.2) is 37.2 Å². The van der Waals surface area contributed by atoms with E-state index < -0.39 is 6.10 Å². The Bertz CT molecular complexity index is 1110. The maximum Gasteiger partial charge on any atom is 0.306 e. The molecule has 0 N–H and O–H groups in total. The highest BCUT2D eigenvalue weighted by atomic mass is 16.6. The smallest absolute Gasteiger partial charge is 0.306 e. The molecule has 0 aliphatic rings. The minimum atomic E-state index is -0.795. The lowest BCUT2D eigenvalue weighted by atomic mass is 10.1. The quantitative estimate of drug-likeness (QED) is 0.0264. The first kappa shape index (κ1) is 54.9. The molecule has 0 spiro atoms. The molecule has 0 saturated heterocycles. The fraction of sp³-hybridized carbons (Fsp3) is 0.712. The van der Waals surface area contributed by atoms with Gasteiger partial charge in [-0.1, -0.05) is 209 Å².